The lowest BCUT2D eigenvalue weighted by Gasteiger charge is -2.18. The lowest BCUT2D eigenvalue weighted by atomic mass is 9.95. The lowest BCUT2D eigenvalue weighted by Crippen LogP contribution is -2.25. The Balaban J connectivity index is 1.86. The molecule has 2 aromatic rings. The Kier molecular flexibility index (Phi) is 9.44. The minimum Gasteiger partial charge on any atom is -0.492 e. The zero-order valence-electron chi connectivity index (χ0n) is 20.0. The van der Waals surface area contributed by atoms with Crippen molar-refractivity contribution in [1.29, 1.82) is 0 Å². The fraction of sp³-hybridized carbons (Fsp3) is 0.500. The highest BCUT2D eigenvalue weighted by Crippen LogP contribution is 2.35. The fourth-order valence-electron chi connectivity index (χ4n) is 4.37. The van der Waals surface area contributed by atoms with Crippen molar-refractivity contribution >= 4 is 17.2 Å². The van der Waals surface area contributed by atoms with Crippen LogP contribution in [-0.2, 0) is 6.18 Å². The summed E-state index contributed by atoms with van der Waals surface area (Å²) in [5.41, 5.74) is -0.990. The van der Waals surface area contributed by atoms with Gasteiger partial charge in [-0.05, 0) is 74.5 Å². The highest BCUT2D eigenvalue weighted by atomic mass is 35.5. The summed E-state index contributed by atoms with van der Waals surface area (Å²) in [6.07, 6.45) is -0.461. The average molecular weight is 513 g/mol. The molecule has 2 atom stereocenters. The molecule has 9 heteroatoms. The van der Waals surface area contributed by atoms with Crippen LogP contribution < -0.4 is 10.3 Å². The monoisotopic (exact) mass is 512 g/mol. The molecule has 1 aliphatic rings. The molecule has 1 heterocycles. The molecule has 0 bridgehead atoms. The van der Waals surface area contributed by atoms with Crippen molar-refractivity contribution < 1.29 is 23.0 Å². The molecular formula is C26H32ClF3N2O3. The van der Waals surface area contributed by atoms with E-state index < -0.39 is 23.4 Å². The number of halogens is 4. The molecule has 1 saturated carbocycles. The smallest absolute Gasteiger partial charge is 0.421 e. The molecule has 1 aliphatic carbocycles. The highest BCUT2D eigenvalue weighted by Gasteiger charge is 2.34. The maximum atomic E-state index is 13.1. The minimum atomic E-state index is -4.74. The molecule has 0 spiro atoms. The molecule has 1 unspecified atom stereocenters. The fourth-order valence-corrected chi connectivity index (χ4v) is 4.60. The standard InChI is InChI=1S/C26H32ClF3N2O3/c1-3-32(4-2)12-5-13-35-24-11-7-18(16-22(24)27)20(15-17-6-8-19(33)14-17)23-10-9-21(25(34)31-23)26(28,29)30/h7,9-11,15-17,19,33H,3-6,8,12-14H2,1-2H3,(H,31,34)/b20-15+/t17-,19?/m0/s1. The van der Waals surface area contributed by atoms with E-state index in [1.807, 2.05) is 6.08 Å². The van der Waals surface area contributed by atoms with Crippen LogP contribution in [0, 0.1) is 5.92 Å². The first-order valence-electron chi connectivity index (χ1n) is 12.0. The van der Waals surface area contributed by atoms with Gasteiger partial charge in [0.15, 0.2) is 0 Å². The third-order valence-corrected chi connectivity index (χ3v) is 6.66. The number of nitrogens with one attached hydrogen (secondary N) is 1. The Hall–Kier alpha value is -2.29. The van der Waals surface area contributed by atoms with Crippen LogP contribution in [0.1, 0.15) is 56.4 Å². The van der Waals surface area contributed by atoms with Crippen LogP contribution in [-0.4, -0.2) is 47.3 Å². The first-order valence-corrected chi connectivity index (χ1v) is 12.4. The summed E-state index contributed by atoms with van der Waals surface area (Å²) in [7, 11) is 0. The van der Waals surface area contributed by atoms with E-state index >= 15 is 0 Å². The maximum absolute atomic E-state index is 13.1. The zero-order chi connectivity index (χ0) is 25.6. The molecule has 192 valence electrons. The molecule has 1 fully saturated rings. The topological polar surface area (TPSA) is 65.6 Å². The SMILES string of the molecule is CCN(CC)CCCOc1ccc(/C(=C\[C@H]2CCC(O)C2)c2ccc(C(F)(F)F)c(=O)[nH]2)cc1Cl. The van der Waals surface area contributed by atoms with Crippen LogP contribution in [0.2, 0.25) is 5.02 Å². The Bertz CT molecular complexity index is 1080. The summed E-state index contributed by atoms with van der Waals surface area (Å²) in [5, 5.41) is 10.3. The first kappa shape index (κ1) is 27.3. The second-order valence-electron chi connectivity index (χ2n) is 8.79. The van der Waals surface area contributed by atoms with Gasteiger partial charge in [-0.1, -0.05) is 37.6 Å². The number of pyridine rings is 1. The number of aromatic amines is 1. The van der Waals surface area contributed by atoms with Crippen molar-refractivity contribution in [3.05, 3.63) is 68.6 Å². The molecule has 0 amide bonds. The van der Waals surface area contributed by atoms with Crippen molar-refractivity contribution in [2.24, 2.45) is 5.92 Å². The largest absolute Gasteiger partial charge is 0.492 e. The van der Waals surface area contributed by atoms with Crippen LogP contribution in [0.3, 0.4) is 0 Å². The Morgan fingerprint density at radius 3 is 2.54 bits per heavy atom. The van der Waals surface area contributed by atoms with Gasteiger partial charge in [-0.3, -0.25) is 4.79 Å². The van der Waals surface area contributed by atoms with E-state index in [4.69, 9.17) is 16.3 Å². The van der Waals surface area contributed by atoms with Crippen molar-refractivity contribution in [2.45, 2.75) is 51.8 Å². The third-order valence-electron chi connectivity index (χ3n) is 6.37. The average Bonchev–Trinajstić information content (AvgIpc) is 3.22. The number of hydrogen-bond donors (Lipinski definition) is 2. The molecule has 5 nitrogen and oxygen atoms in total. The van der Waals surface area contributed by atoms with Gasteiger partial charge in [0.1, 0.15) is 11.3 Å². The minimum absolute atomic E-state index is 0.0283. The van der Waals surface area contributed by atoms with Gasteiger partial charge in [0, 0.05) is 17.8 Å². The van der Waals surface area contributed by atoms with E-state index in [-0.39, 0.29) is 11.6 Å². The Morgan fingerprint density at radius 1 is 1.23 bits per heavy atom. The predicted molar refractivity (Wildman–Crippen MR) is 132 cm³/mol. The van der Waals surface area contributed by atoms with Crippen molar-refractivity contribution in [1.82, 2.24) is 9.88 Å². The number of benzene rings is 1. The van der Waals surface area contributed by atoms with Gasteiger partial charge in [0.05, 0.1) is 17.7 Å². The summed E-state index contributed by atoms with van der Waals surface area (Å²) >= 11 is 6.49. The van der Waals surface area contributed by atoms with E-state index in [0.717, 1.165) is 38.5 Å². The van der Waals surface area contributed by atoms with Gasteiger partial charge in [0.25, 0.3) is 5.56 Å². The molecule has 2 N–H and O–H groups in total. The number of aromatic nitrogens is 1. The Labute approximate surface area is 208 Å². The molecule has 0 radical (unpaired) electrons. The van der Waals surface area contributed by atoms with E-state index in [1.165, 1.54) is 6.07 Å². The van der Waals surface area contributed by atoms with Gasteiger partial charge >= 0.3 is 6.18 Å². The number of rotatable bonds is 10. The summed E-state index contributed by atoms with van der Waals surface area (Å²) in [5.74, 6) is 0.548. The highest BCUT2D eigenvalue weighted by molar-refractivity contribution is 6.32. The van der Waals surface area contributed by atoms with E-state index in [9.17, 15) is 23.1 Å². The molecular weight excluding hydrogens is 481 g/mol. The molecule has 0 saturated heterocycles. The van der Waals surface area contributed by atoms with Gasteiger partial charge in [-0.25, -0.2) is 0 Å². The van der Waals surface area contributed by atoms with Gasteiger partial charge in [0.2, 0.25) is 0 Å². The predicted octanol–water partition coefficient (Wildman–Crippen LogP) is 5.75. The Morgan fingerprint density at radius 2 is 1.97 bits per heavy atom. The van der Waals surface area contributed by atoms with Gasteiger partial charge in [-0.2, -0.15) is 13.2 Å². The number of H-pyrrole nitrogens is 1. The van der Waals surface area contributed by atoms with Gasteiger partial charge in [-0.15, -0.1) is 0 Å². The van der Waals surface area contributed by atoms with E-state index in [2.05, 4.69) is 23.7 Å². The number of hydrogen-bond acceptors (Lipinski definition) is 4. The molecule has 3 rings (SSSR count). The molecule has 35 heavy (non-hydrogen) atoms. The molecule has 1 aromatic carbocycles. The van der Waals surface area contributed by atoms with Gasteiger partial charge < -0.3 is 19.7 Å². The van der Waals surface area contributed by atoms with Crippen molar-refractivity contribution in [3.63, 3.8) is 0 Å². The summed E-state index contributed by atoms with van der Waals surface area (Å²) in [4.78, 5) is 16.9. The number of nitrogens with zero attached hydrogens (tertiary/aromatic N) is 1. The van der Waals surface area contributed by atoms with Crippen LogP contribution in [0.25, 0.3) is 5.57 Å². The van der Waals surface area contributed by atoms with Crippen molar-refractivity contribution in [3.8, 4) is 5.75 Å². The number of alkyl halides is 3. The zero-order valence-corrected chi connectivity index (χ0v) is 20.8. The van der Waals surface area contributed by atoms with E-state index in [1.54, 1.807) is 18.2 Å². The quantitative estimate of drug-likeness (QED) is 0.398. The van der Waals surface area contributed by atoms with Crippen LogP contribution >= 0.6 is 11.6 Å². The maximum Gasteiger partial charge on any atom is 0.421 e. The second-order valence-corrected chi connectivity index (χ2v) is 9.20. The molecule has 1 aromatic heterocycles. The van der Waals surface area contributed by atoms with Crippen LogP contribution in [0.4, 0.5) is 13.2 Å². The summed E-state index contributed by atoms with van der Waals surface area (Å²) in [6.45, 7) is 7.60. The summed E-state index contributed by atoms with van der Waals surface area (Å²) in [6, 6.07) is 7.25. The second kappa shape index (κ2) is 12.1. The number of aliphatic hydroxyl groups is 1. The van der Waals surface area contributed by atoms with E-state index in [0.29, 0.717) is 41.4 Å². The molecule has 0 aliphatic heterocycles. The number of ether oxygens (including phenoxy) is 1. The number of aliphatic hydroxyl groups excluding tert-OH is 1. The van der Waals surface area contributed by atoms with Crippen molar-refractivity contribution in [2.75, 3.05) is 26.2 Å². The van der Waals surface area contributed by atoms with Crippen LogP contribution in [0.15, 0.2) is 41.2 Å². The first-order chi connectivity index (χ1) is 16.6. The van der Waals surface area contributed by atoms with Crippen LogP contribution in [0.5, 0.6) is 5.75 Å². The lowest BCUT2D eigenvalue weighted by molar-refractivity contribution is -0.138. The third kappa shape index (κ3) is 7.35. The number of allylic oxidation sites excluding steroid dienone is 1. The normalized spacial score (nSPS) is 18.9. The summed E-state index contributed by atoms with van der Waals surface area (Å²) < 4.78 is 45.1.